The molecule has 0 saturated carbocycles. The number of nitrogens with two attached hydrogens (primary N) is 1. The Bertz CT molecular complexity index is 3230. The molecule has 0 unspecified atom stereocenters. The highest BCUT2D eigenvalue weighted by Gasteiger charge is 2.27. The van der Waals surface area contributed by atoms with Crippen LogP contribution < -0.4 is 30.5 Å². The van der Waals surface area contributed by atoms with Gasteiger partial charge in [-0.3, -0.25) is 9.36 Å². The predicted octanol–water partition coefficient (Wildman–Crippen LogP) is 8.42. The zero-order chi connectivity index (χ0) is 48.2. The molecule has 0 saturated heterocycles. The van der Waals surface area contributed by atoms with Crippen LogP contribution in [0.25, 0.3) is 22.3 Å². The van der Waals surface area contributed by atoms with Crippen LogP contribution in [0.2, 0.25) is 0 Å². The maximum absolute atomic E-state index is 13.0. The Labute approximate surface area is 394 Å². The third-order valence-corrected chi connectivity index (χ3v) is 13.8. The summed E-state index contributed by atoms with van der Waals surface area (Å²) in [6.45, 7) is 7.53. The number of carbonyl (C=O) groups is 2. The van der Waals surface area contributed by atoms with Crippen molar-refractivity contribution in [1.29, 1.82) is 0 Å². The van der Waals surface area contributed by atoms with Gasteiger partial charge in [-0.1, -0.05) is 42.5 Å². The van der Waals surface area contributed by atoms with E-state index in [1.54, 1.807) is 43.0 Å². The maximum Gasteiger partial charge on any atom is 0.333 e. The Hall–Kier alpha value is -7.58. The molecule has 6 N–H and O–H groups in total. The van der Waals surface area contributed by atoms with Crippen LogP contribution in [0.4, 0.5) is 26.8 Å². The van der Waals surface area contributed by atoms with Gasteiger partial charge in [0.25, 0.3) is 20.0 Å². The third-order valence-electron chi connectivity index (χ3n) is 11.4. The Morgan fingerprint density at radius 3 is 1.57 bits per heavy atom. The van der Waals surface area contributed by atoms with E-state index in [1.807, 2.05) is 88.4 Å². The summed E-state index contributed by atoms with van der Waals surface area (Å²) < 4.78 is 64.0. The molecule has 20 heteroatoms. The van der Waals surface area contributed by atoms with Crippen molar-refractivity contribution in [2.45, 2.75) is 88.4 Å². The highest BCUT2D eigenvalue weighted by atomic mass is 32.2. The minimum Gasteiger partial charge on any atom is -0.439 e. The van der Waals surface area contributed by atoms with Crippen LogP contribution in [0.3, 0.4) is 0 Å². The topological polar surface area (TPSA) is 247 Å². The van der Waals surface area contributed by atoms with Gasteiger partial charge in [0.15, 0.2) is 10.1 Å². The molecule has 0 bridgehead atoms. The number of amides is 4. The van der Waals surface area contributed by atoms with E-state index in [2.05, 4.69) is 40.2 Å². The number of carbonyl (C=O) groups excluding carboxylic acids is 2. The van der Waals surface area contributed by atoms with Crippen LogP contribution in [0.5, 0.6) is 11.6 Å². The van der Waals surface area contributed by atoms with Crippen LogP contribution in [-0.2, 0) is 45.7 Å². The van der Waals surface area contributed by atoms with Gasteiger partial charge in [-0.05, 0) is 142 Å². The highest BCUT2D eigenvalue weighted by molar-refractivity contribution is 7.90. The number of nitrogens with one attached hydrogen (secondary N) is 4. The fourth-order valence-corrected chi connectivity index (χ4v) is 9.77. The van der Waals surface area contributed by atoms with Gasteiger partial charge < -0.3 is 21.1 Å². The van der Waals surface area contributed by atoms with E-state index >= 15 is 0 Å². The molecule has 3 aromatic carbocycles. The number of fused-ring (bicyclic) bond motifs is 2. The molecule has 0 fully saturated rings. The molecule has 0 radical (unpaired) electrons. The molecule has 0 spiro atoms. The molecule has 2 aliphatic carbocycles. The maximum atomic E-state index is 13.0. The molecule has 7 aromatic rings. The summed E-state index contributed by atoms with van der Waals surface area (Å²) in [6, 6.07) is 25.4. The number of ether oxygens (including phenoxy) is 1. The molecular formula is C48H51N11O7S2. The second-order valence-electron chi connectivity index (χ2n) is 16.8. The Kier molecular flexibility index (Phi) is 13.6. The van der Waals surface area contributed by atoms with E-state index in [-0.39, 0.29) is 22.1 Å². The summed E-state index contributed by atoms with van der Waals surface area (Å²) in [6.07, 6.45) is 11.7. The molecule has 4 heterocycles. The van der Waals surface area contributed by atoms with Crippen LogP contribution >= 0.6 is 0 Å². The van der Waals surface area contributed by atoms with Gasteiger partial charge in [0, 0.05) is 54.1 Å². The zero-order valence-electron chi connectivity index (χ0n) is 37.8. The van der Waals surface area contributed by atoms with E-state index in [0.29, 0.717) is 28.8 Å². The molecular weight excluding hydrogens is 907 g/mol. The van der Waals surface area contributed by atoms with Gasteiger partial charge in [-0.2, -0.15) is 27.0 Å². The number of anilines is 3. The van der Waals surface area contributed by atoms with Crippen LogP contribution in [0.1, 0.15) is 74.9 Å². The SMILES string of the molecule is CC(C)n1ccc(S(=O)(=O)NC(=O)Nc2c(-c3ccnc(N)c3)ccc3c2CCC3)n1.CC(C)n1ccc(S(=O)(=O)NC(=O)Nc2c(-c3ccnc(Oc4ccccc4)c3)ccc3c2CCC3)n1. The first-order valence-electron chi connectivity index (χ1n) is 22.0. The first-order valence-corrected chi connectivity index (χ1v) is 25.0. The summed E-state index contributed by atoms with van der Waals surface area (Å²) in [5.41, 5.74) is 14.3. The van der Waals surface area contributed by atoms with E-state index in [9.17, 15) is 26.4 Å². The number of urea groups is 2. The van der Waals surface area contributed by atoms with Gasteiger partial charge in [0.1, 0.15) is 11.6 Å². The van der Waals surface area contributed by atoms with E-state index in [4.69, 9.17) is 10.5 Å². The minimum atomic E-state index is -4.15. The number of para-hydroxylation sites is 1. The molecule has 68 heavy (non-hydrogen) atoms. The summed E-state index contributed by atoms with van der Waals surface area (Å²) in [7, 11) is -8.26. The van der Waals surface area contributed by atoms with Gasteiger partial charge in [0.05, 0.1) is 11.4 Å². The number of nitrogens with zero attached hydrogens (tertiary/aromatic N) is 6. The predicted molar refractivity (Wildman–Crippen MR) is 258 cm³/mol. The van der Waals surface area contributed by atoms with E-state index in [0.717, 1.165) is 83.0 Å². The number of hydrogen-bond donors (Lipinski definition) is 5. The van der Waals surface area contributed by atoms with Crippen molar-refractivity contribution in [3.8, 4) is 33.9 Å². The number of pyridine rings is 2. The third kappa shape index (κ3) is 10.7. The van der Waals surface area contributed by atoms with Crippen molar-refractivity contribution < 1.29 is 31.2 Å². The fraction of sp³-hybridized carbons (Fsp3) is 0.250. The molecule has 0 aliphatic heterocycles. The highest BCUT2D eigenvalue weighted by Crippen LogP contribution is 2.40. The van der Waals surface area contributed by atoms with Crippen molar-refractivity contribution in [3.63, 3.8) is 0 Å². The van der Waals surface area contributed by atoms with Crippen molar-refractivity contribution >= 4 is 49.3 Å². The monoisotopic (exact) mass is 957 g/mol. The van der Waals surface area contributed by atoms with Crippen LogP contribution in [0.15, 0.2) is 126 Å². The molecule has 352 valence electrons. The number of rotatable bonds is 12. The number of hydrogen-bond acceptors (Lipinski definition) is 12. The number of aromatic nitrogens is 6. The number of sulfonamides is 2. The average molecular weight is 958 g/mol. The lowest BCUT2D eigenvalue weighted by molar-refractivity contribution is 0.255. The lowest BCUT2D eigenvalue weighted by Crippen LogP contribution is -2.35. The van der Waals surface area contributed by atoms with Crippen molar-refractivity contribution in [3.05, 3.63) is 138 Å². The summed E-state index contributed by atoms with van der Waals surface area (Å²) in [5, 5.41) is 13.3. The lowest BCUT2D eigenvalue weighted by atomic mass is 9.98. The molecule has 0 atom stereocenters. The number of benzene rings is 3. The van der Waals surface area contributed by atoms with Crippen molar-refractivity contribution in [2.75, 3.05) is 16.4 Å². The number of nitrogen functional groups attached to an aromatic ring is 1. The normalized spacial score (nSPS) is 13.0. The van der Waals surface area contributed by atoms with Crippen LogP contribution in [0, 0.1) is 0 Å². The molecule has 9 rings (SSSR count). The van der Waals surface area contributed by atoms with Gasteiger partial charge >= 0.3 is 12.1 Å². The zero-order valence-corrected chi connectivity index (χ0v) is 39.4. The van der Waals surface area contributed by atoms with Crippen molar-refractivity contribution in [2.24, 2.45) is 0 Å². The Morgan fingerprint density at radius 1 is 0.618 bits per heavy atom. The largest absolute Gasteiger partial charge is 0.439 e. The Balaban J connectivity index is 0.000000187. The van der Waals surface area contributed by atoms with Gasteiger partial charge in [-0.15, -0.1) is 0 Å². The average Bonchev–Trinajstić information content (AvgIpc) is 4.15. The quantitative estimate of drug-likeness (QED) is 0.0775. The molecule has 4 amide bonds. The first-order chi connectivity index (χ1) is 32.5. The second-order valence-corrected chi connectivity index (χ2v) is 20.1. The van der Waals surface area contributed by atoms with Gasteiger partial charge in [0.2, 0.25) is 5.88 Å². The molecule has 2 aliphatic rings. The lowest BCUT2D eigenvalue weighted by Gasteiger charge is -2.17. The second kappa shape index (κ2) is 19.7. The summed E-state index contributed by atoms with van der Waals surface area (Å²) in [5.74, 6) is 1.42. The van der Waals surface area contributed by atoms with E-state index < -0.39 is 32.1 Å². The first kappa shape index (κ1) is 46.9. The van der Waals surface area contributed by atoms with Crippen molar-refractivity contribution in [1.82, 2.24) is 39.0 Å². The van der Waals surface area contributed by atoms with Gasteiger partial charge in [-0.25, -0.2) is 29.0 Å². The standard InChI is InChI=1S/C27H27N5O4S.C21H24N6O3S/c1-18(2)32-16-14-25(30-32)37(34,35)31-27(33)29-26-22-10-6-7-19(22)11-12-23(26)20-13-15-28-24(17-20)36-21-8-4-3-5-9-21;1-13(2)27-11-9-19(25-27)31(29,30)26-21(28)24-20-16-5-3-4-14(16)6-7-17(20)15-8-10-23-18(22)12-15/h3-5,8-9,11-18H,6-7,10H2,1-2H3,(H2,29,31,33);6-13H,3-5H2,1-2H3,(H2,22,23)(H2,24,26,28). The molecule has 4 aromatic heterocycles. The summed E-state index contributed by atoms with van der Waals surface area (Å²) in [4.78, 5) is 34.0. The fourth-order valence-electron chi connectivity index (χ4n) is 8.09. The Morgan fingerprint density at radius 2 is 1.10 bits per heavy atom. The van der Waals surface area contributed by atoms with Crippen LogP contribution in [-0.4, -0.2) is 58.4 Å². The number of aryl methyl sites for hydroxylation is 2. The minimum absolute atomic E-state index is 0.0000367. The summed E-state index contributed by atoms with van der Waals surface area (Å²) >= 11 is 0. The molecule has 18 nitrogen and oxygen atoms in total. The van der Waals surface area contributed by atoms with E-state index in [1.165, 1.54) is 21.5 Å². The smallest absolute Gasteiger partial charge is 0.333 e.